The second kappa shape index (κ2) is 8.81. The molecule has 0 unspecified atom stereocenters. The molecule has 0 aliphatic heterocycles. The summed E-state index contributed by atoms with van der Waals surface area (Å²) in [6, 6.07) is 12.7. The van der Waals surface area contributed by atoms with E-state index in [1.807, 2.05) is 23.9 Å². The quantitative estimate of drug-likeness (QED) is 0.294. The summed E-state index contributed by atoms with van der Waals surface area (Å²) in [5.41, 5.74) is 6.21. The van der Waals surface area contributed by atoms with Gasteiger partial charge in [0.1, 0.15) is 0 Å². The van der Waals surface area contributed by atoms with Crippen LogP contribution in [0.15, 0.2) is 41.3 Å². The van der Waals surface area contributed by atoms with Crippen molar-refractivity contribution >= 4 is 23.5 Å². The average molecular weight is 384 g/mol. The van der Waals surface area contributed by atoms with Crippen LogP contribution in [0, 0.1) is 0 Å². The van der Waals surface area contributed by atoms with E-state index in [0.29, 0.717) is 5.92 Å². The molecule has 3 N–H and O–H groups in total. The molecule has 5 heteroatoms. The molecule has 4 nitrogen and oxygen atoms in total. The van der Waals surface area contributed by atoms with Gasteiger partial charge in [-0.1, -0.05) is 38.1 Å². The molecule has 144 valence electrons. The predicted molar refractivity (Wildman–Crippen MR) is 114 cm³/mol. The highest BCUT2D eigenvalue weighted by atomic mass is 32.2. The molecule has 0 radical (unpaired) electrons. The van der Waals surface area contributed by atoms with E-state index in [9.17, 15) is 4.79 Å². The molecule has 0 atom stereocenters. The molecule has 0 bridgehead atoms. The molecule has 27 heavy (non-hydrogen) atoms. The molecule has 1 saturated carbocycles. The number of nitrogens with zero attached hydrogens (tertiary/aromatic N) is 1. The van der Waals surface area contributed by atoms with Gasteiger partial charge < -0.3 is 5.32 Å². The van der Waals surface area contributed by atoms with Crippen LogP contribution < -0.4 is 11.2 Å². The monoisotopic (exact) mass is 383 g/mol. The van der Waals surface area contributed by atoms with E-state index in [4.69, 9.17) is 5.84 Å². The van der Waals surface area contributed by atoms with Crippen LogP contribution in [-0.4, -0.2) is 18.1 Å². The second-order valence-electron chi connectivity index (χ2n) is 7.13. The largest absolute Gasteiger partial charge is 0.335 e. The number of rotatable bonds is 7. The molecule has 0 spiro atoms. The first kappa shape index (κ1) is 19.8. The van der Waals surface area contributed by atoms with Crippen LogP contribution in [0.2, 0.25) is 0 Å². The minimum atomic E-state index is -0.295. The van der Waals surface area contributed by atoms with Crippen molar-refractivity contribution in [2.24, 2.45) is 5.84 Å². The highest BCUT2D eigenvalue weighted by Crippen LogP contribution is 2.45. The molecule has 2 amide bonds. The molecule has 0 heterocycles. The van der Waals surface area contributed by atoms with Crippen LogP contribution in [0.3, 0.4) is 0 Å². The van der Waals surface area contributed by atoms with E-state index >= 15 is 0 Å². The Kier molecular flexibility index (Phi) is 6.45. The number of aryl methyl sites for hydroxylation is 2. The predicted octanol–water partition coefficient (Wildman–Crippen LogP) is 5.32. The number of carbonyl (C=O) groups excluding carboxylic acids is 1. The van der Waals surface area contributed by atoms with Crippen LogP contribution in [-0.2, 0) is 18.6 Å². The van der Waals surface area contributed by atoms with Crippen LogP contribution in [0.1, 0.15) is 54.9 Å². The summed E-state index contributed by atoms with van der Waals surface area (Å²) in [7, 11) is 1.55. The average Bonchev–Trinajstić information content (AvgIpc) is 3.51. The number of urea groups is 1. The van der Waals surface area contributed by atoms with E-state index in [-0.39, 0.29) is 6.03 Å². The fraction of sp³-hybridized carbons (Fsp3) is 0.409. The van der Waals surface area contributed by atoms with E-state index in [1.165, 1.54) is 40.0 Å². The Labute approximate surface area is 166 Å². The van der Waals surface area contributed by atoms with Gasteiger partial charge in [-0.25, -0.2) is 10.6 Å². The zero-order chi connectivity index (χ0) is 19.4. The molecule has 0 saturated heterocycles. The Balaban J connectivity index is 1.88. The lowest BCUT2D eigenvalue weighted by Gasteiger charge is -2.18. The van der Waals surface area contributed by atoms with Gasteiger partial charge in [-0.05, 0) is 66.0 Å². The summed E-state index contributed by atoms with van der Waals surface area (Å²) in [4.78, 5) is 13.4. The first-order valence-electron chi connectivity index (χ1n) is 9.69. The number of amides is 2. The summed E-state index contributed by atoms with van der Waals surface area (Å²) in [6.07, 6.45) is 4.54. The van der Waals surface area contributed by atoms with Crippen molar-refractivity contribution in [1.82, 2.24) is 5.01 Å². The van der Waals surface area contributed by atoms with Crippen molar-refractivity contribution in [2.45, 2.75) is 56.1 Å². The standard InChI is InChI=1S/C22H29N3OS/c1-4-15-9-10-16(5-2)21(13-15)27-14-19-18(17-11-12-17)7-6-8-20(19)24-22(26)25(3)23/h6-10,13,17H,4-5,11-12,14,23H2,1-3H3,(H,24,26). The van der Waals surface area contributed by atoms with Crippen molar-refractivity contribution in [1.29, 1.82) is 0 Å². The fourth-order valence-corrected chi connectivity index (χ4v) is 4.51. The van der Waals surface area contributed by atoms with Gasteiger partial charge in [-0.15, -0.1) is 11.8 Å². The number of nitrogens with two attached hydrogens (primary N) is 1. The van der Waals surface area contributed by atoms with Gasteiger partial charge in [0.25, 0.3) is 0 Å². The Bertz CT molecular complexity index is 815. The number of benzene rings is 2. The van der Waals surface area contributed by atoms with Gasteiger partial charge in [0.2, 0.25) is 0 Å². The zero-order valence-electron chi connectivity index (χ0n) is 16.4. The minimum Gasteiger partial charge on any atom is -0.306 e. The molecular weight excluding hydrogens is 354 g/mol. The number of hydrogen-bond donors (Lipinski definition) is 2. The Morgan fingerprint density at radius 1 is 1.22 bits per heavy atom. The summed E-state index contributed by atoms with van der Waals surface area (Å²) >= 11 is 1.87. The number of anilines is 1. The maximum Gasteiger partial charge on any atom is 0.335 e. The van der Waals surface area contributed by atoms with Crippen LogP contribution >= 0.6 is 11.8 Å². The van der Waals surface area contributed by atoms with Crippen LogP contribution in [0.25, 0.3) is 0 Å². The minimum absolute atomic E-state index is 0.295. The molecule has 0 aromatic heterocycles. The summed E-state index contributed by atoms with van der Waals surface area (Å²) in [5, 5.41) is 4.05. The van der Waals surface area contributed by atoms with Gasteiger partial charge in [-0.2, -0.15) is 0 Å². The number of hydrazine groups is 1. The molecule has 1 aliphatic rings. The molecular formula is C22H29N3OS. The maximum absolute atomic E-state index is 12.1. The van der Waals surface area contributed by atoms with E-state index in [0.717, 1.165) is 29.3 Å². The Morgan fingerprint density at radius 2 is 2.00 bits per heavy atom. The SMILES string of the molecule is CCc1ccc(CC)c(SCc2c(NC(=O)N(C)N)cccc2C2CC2)c1. The highest BCUT2D eigenvalue weighted by molar-refractivity contribution is 7.98. The normalized spacial score (nSPS) is 13.5. The molecule has 2 aromatic rings. The third-order valence-corrected chi connectivity index (χ3v) is 6.21. The fourth-order valence-electron chi connectivity index (χ4n) is 3.26. The van der Waals surface area contributed by atoms with Gasteiger partial charge in [0.15, 0.2) is 0 Å². The summed E-state index contributed by atoms with van der Waals surface area (Å²) in [5.74, 6) is 7.06. The topological polar surface area (TPSA) is 58.4 Å². The van der Waals surface area contributed by atoms with Crippen LogP contribution in [0.4, 0.5) is 10.5 Å². The van der Waals surface area contributed by atoms with Crippen molar-refractivity contribution < 1.29 is 4.79 Å². The third kappa shape index (κ3) is 4.85. The van der Waals surface area contributed by atoms with Gasteiger partial charge in [0, 0.05) is 23.4 Å². The molecule has 1 aliphatic carbocycles. The van der Waals surface area contributed by atoms with Crippen molar-refractivity contribution in [3.8, 4) is 0 Å². The lowest BCUT2D eigenvalue weighted by atomic mass is 10.0. The van der Waals surface area contributed by atoms with Crippen molar-refractivity contribution in [3.05, 3.63) is 58.7 Å². The lowest BCUT2D eigenvalue weighted by Crippen LogP contribution is -2.37. The van der Waals surface area contributed by atoms with Gasteiger partial charge in [0.05, 0.1) is 0 Å². The zero-order valence-corrected chi connectivity index (χ0v) is 17.2. The summed E-state index contributed by atoms with van der Waals surface area (Å²) in [6.45, 7) is 4.39. The third-order valence-electron chi connectivity index (χ3n) is 5.08. The first-order chi connectivity index (χ1) is 13.0. The molecule has 2 aromatic carbocycles. The Hall–Kier alpha value is -1.98. The van der Waals surface area contributed by atoms with E-state index < -0.39 is 0 Å². The van der Waals surface area contributed by atoms with E-state index in [1.54, 1.807) is 7.05 Å². The Morgan fingerprint density at radius 3 is 2.63 bits per heavy atom. The van der Waals surface area contributed by atoms with Gasteiger partial charge >= 0.3 is 6.03 Å². The number of thioether (sulfide) groups is 1. The summed E-state index contributed by atoms with van der Waals surface area (Å²) < 4.78 is 0. The van der Waals surface area contributed by atoms with E-state index in [2.05, 4.69) is 43.4 Å². The first-order valence-corrected chi connectivity index (χ1v) is 10.7. The molecule has 1 fully saturated rings. The van der Waals surface area contributed by atoms with Crippen molar-refractivity contribution in [3.63, 3.8) is 0 Å². The second-order valence-corrected chi connectivity index (χ2v) is 8.14. The number of hydrogen-bond acceptors (Lipinski definition) is 3. The van der Waals surface area contributed by atoms with Crippen LogP contribution in [0.5, 0.6) is 0 Å². The maximum atomic E-state index is 12.1. The smallest absolute Gasteiger partial charge is 0.306 e. The van der Waals surface area contributed by atoms with Crippen molar-refractivity contribution in [2.75, 3.05) is 12.4 Å². The number of carbonyl (C=O) groups is 1. The van der Waals surface area contributed by atoms with Gasteiger partial charge in [-0.3, -0.25) is 5.01 Å². The number of nitrogens with one attached hydrogen (secondary N) is 1. The molecule has 3 rings (SSSR count). The lowest BCUT2D eigenvalue weighted by molar-refractivity contribution is 0.223. The highest BCUT2D eigenvalue weighted by Gasteiger charge is 2.27.